The van der Waals surface area contributed by atoms with Gasteiger partial charge in [-0.3, -0.25) is 14.5 Å². The number of nitrogens with one attached hydrogen (secondary N) is 2. The van der Waals surface area contributed by atoms with Crippen LogP contribution in [0, 0.1) is 0 Å². The van der Waals surface area contributed by atoms with Gasteiger partial charge >= 0.3 is 6.03 Å². The van der Waals surface area contributed by atoms with Crippen molar-refractivity contribution in [2.75, 3.05) is 6.54 Å². The third-order valence-corrected chi connectivity index (χ3v) is 5.40. The van der Waals surface area contributed by atoms with Crippen LogP contribution in [0.4, 0.5) is 4.79 Å². The van der Waals surface area contributed by atoms with Gasteiger partial charge in [0.25, 0.3) is 5.91 Å². The molecule has 1 heterocycles. The summed E-state index contributed by atoms with van der Waals surface area (Å²) in [5.41, 5.74) is -0.417. The van der Waals surface area contributed by atoms with Gasteiger partial charge in [-0.25, -0.2) is 4.79 Å². The van der Waals surface area contributed by atoms with Gasteiger partial charge in [0, 0.05) is 6.04 Å². The zero-order chi connectivity index (χ0) is 18.6. The molecule has 6 nitrogen and oxygen atoms in total. The summed E-state index contributed by atoms with van der Waals surface area (Å²) in [4.78, 5) is 38.6. The van der Waals surface area contributed by atoms with Crippen LogP contribution in [0.15, 0.2) is 30.3 Å². The highest BCUT2D eigenvalue weighted by molar-refractivity contribution is 6.09. The van der Waals surface area contributed by atoms with Crippen molar-refractivity contribution in [3.63, 3.8) is 0 Å². The van der Waals surface area contributed by atoms with Crippen molar-refractivity contribution < 1.29 is 14.4 Å². The average molecular weight is 357 g/mol. The molecule has 2 fully saturated rings. The summed E-state index contributed by atoms with van der Waals surface area (Å²) in [6.45, 7) is 1.44. The SMILES string of the molecule is CC1(c2ccccc2)NC(=O)N(CC(=O)NC2CCCCCCC2)C1=O. The Balaban J connectivity index is 1.63. The van der Waals surface area contributed by atoms with Gasteiger partial charge in [-0.05, 0) is 25.3 Å². The number of benzene rings is 1. The lowest BCUT2D eigenvalue weighted by atomic mass is 9.92. The quantitative estimate of drug-likeness (QED) is 0.813. The highest BCUT2D eigenvalue weighted by atomic mass is 16.2. The largest absolute Gasteiger partial charge is 0.352 e. The smallest absolute Gasteiger partial charge is 0.325 e. The predicted octanol–water partition coefficient (Wildman–Crippen LogP) is 2.68. The standard InChI is InChI=1S/C20H27N3O3/c1-20(15-10-6-5-7-11-15)18(25)23(19(26)22-20)14-17(24)21-16-12-8-3-2-4-9-13-16/h5-7,10-11,16H,2-4,8-9,12-14H2,1H3,(H,21,24)(H,22,26). The van der Waals surface area contributed by atoms with E-state index in [1.165, 1.54) is 19.3 Å². The highest BCUT2D eigenvalue weighted by Gasteiger charge is 2.49. The second-order valence-electron chi connectivity index (χ2n) is 7.42. The molecule has 1 aliphatic carbocycles. The van der Waals surface area contributed by atoms with Crippen LogP contribution in [0.2, 0.25) is 0 Å². The number of hydrogen-bond acceptors (Lipinski definition) is 3. The van der Waals surface area contributed by atoms with E-state index in [0.717, 1.165) is 30.6 Å². The Kier molecular flexibility index (Phi) is 5.59. The fourth-order valence-corrected chi connectivity index (χ4v) is 3.83. The number of imide groups is 1. The number of carbonyl (C=O) groups excluding carboxylic acids is 3. The molecular weight excluding hydrogens is 330 g/mol. The third-order valence-electron chi connectivity index (χ3n) is 5.40. The van der Waals surface area contributed by atoms with E-state index in [0.29, 0.717) is 5.56 Å². The molecule has 4 amide bonds. The summed E-state index contributed by atoms with van der Waals surface area (Å²) in [6, 6.07) is 8.73. The fourth-order valence-electron chi connectivity index (χ4n) is 3.83. The Morgan fingerprint density at radius 1 is 1.12 bits per heavy atom. The first-order chi connectivity index (χ1) is 12.5. The predicted molar refractivity (Wildman–Crippen MR) is 98.3 cm³/mol. The van der Waals surface area contributed by atoms with E-state index >= 15 is 0 Å². The summed E-state index contributed by atoms with van der Waals surface area (Å²) < 4.78 is 0. The molecule has 2 N–H and O–H groups in total. The molecule has 26 heavy (non-hydrogen) atoms. The van der Waals surface area contributed by atoms with Crippen LogP contribution in [-0.4, -0.2) is 35.3 Å². The average Bonchev–Trinajstić information content (AvgIpc) is 2.82. The van der Waals surface area contributed by atoms with Crippen LogP contribution in [0.25, 0.3) is 0 Å². The molecule has 0 radical (unpaired) electrons. The first-order valence-corrected chi connectivity index (χ1v) is 9.50. The molecule has 6 heteroatoms. The topological polar surface area (TPSA) is 78.5 Å². The zero-order valence-electron chi connectivity index (χ0n) is 15.3. The highest BCUT2D eigenvalue weighted by Crippen LogP contribution is 2.28. The van der Waals surface area contributed by atoms with E-state index in [9.17, 15) is 14.4 Å². The van der Waals surface area contributed by atoms with Crippen LogP contribution >= 0.6 is 0 Å². The summed E-state index contributed by atoms with van der Waals surface area (Å²) in [6.07, 6.45) is 7.83. The summed E-state index contributed by atoms with van der Waals surface area (Å²) >= 11 is 0. The molecule has 1 saturated heterocycles. The third kappa shape index (κ3) is 3.89. The van der Waals surface area contributed by atoms with E-state index in [1.807, 2.05) is 18.2 Å². The van der Waals surface area contributed by atoms with Crippen molar-refractivity contribution in [1.29, 1.82) is 0 Å². The normalized spacial score (nSPS) is 24.7. The van der Waals surface area contributed by atoms with E-state index < -0.39 is 11.6 Å². The van der Waals surface area contributed by atoms with Gasteiger partial charge in [0.15, 0.2) is 0 Å². The maximum atomic E-state index is 12.8. The van der Waals surface area contributed by atoms with Gasteiger partial charge in [-0.15, -0.1) is 0 Å². The van der Waals surface area contributed by atoms with Crippen LogP contribution in [0.5, 0.6) is 0 Å². The molecule has 1 aromatic carbocycles. The van der Waals surface area contributed by atoms with Gasteiger partial charge in [-0.1, -0.05) is 62.4 Å². The zero-order valence-corrected chi connectivity index (χ0v) is 15.3. The van der Waals surface area contributed by atoms with E-state index in [-0.39, 0.29) is 24.4 Å². The second kappa shape index (κ2) is 7.89. The number of carbonyl (C=O) groups is 3. The Bertz CT molecular complexity index is 668. The summed E-state index contributed by atoms with van der Waals surface area (Å²) in [5.74, 6) is -0.655. The minimum atomic E-state index is -1.13. The number of urea groups is 1. The Morgan fingerprint density at radius 3 is 2.38 bits per heavy atom. The monoisotopic (exact) mass is 357 g/mol. The first kappa shape index (κ1) is 18.4. The Hall–Kier alpha value is -2.37. The number of rotatable bonds is 4. The van der Waals surface area contributed by atoms with Gasteiger partial charge < -0.3 is 10.6 Å². The fraction of sp³-hybridized carbons (Fsp3) is 0.550. The lowest BCUT2D eigenvalue weighted by Crippen LogP contribution is -2.45. The van der Waals surface area contributed by atoms with Crippen molar-refractivity contribution in [2.24, 2.45) is 0 Å². The molecule has 3 rings (SSSR count). The van der Waals surface area contributed by atoms with Gasteiger partial charge in [0.05, 0.1) is 0 Å². The molecular formula is C20H27N3O3. The molecule has 1 aromatic rings. The second-order valence-corrected chi connectivity index (χ2v) is 7.42. The summed E-state index contributed by atoms with van der Waals surface area (Å²) in [7, 11) is 0. The first-order valence-electron chi connectivity index (χ1n) is 9.50. The summed E-state index contributed by atoms with van der Waals surface area (Å²) in [5, 5.41) is 5.74. The van der Waals surface area contributed by atoms with E-state index in [1.54, 1.807) is 19.1 Å². The number of hydrogen-bond donors (Lipinski definition) is 2. The van der Waals surface area contributed by atoms with Crippen molar-refractivity contribution in [1.82, 2.24) is 15.5 Å². The van der Waals surface area contributed by atoms with Gasteiger partial charge in [0.1, 0.15) is 12.1 Å². The number of amides is 4. The minimum absolute atomic E-state index is 0.143. The molecule has 1 aliphatic heterocycles. The number of nitrogens with zero attached hydrogens (tertiary/aromatic N) is 1. The van der Waals surface area contributed by atoms with Crippen LogP contribution in [-0.2, 0) is 15.1 Å². The molecule has 0 spiro atoms. The van der Waals surface area contributed by atoms with Crippen molar-refractivity contribution in [3.05, 3.63) is 35.9 Å². The maximum Gasteiger partial charge on any atom is 0.325 e. The van der Waals surface area contributed by atoms with Crippen LogP contribution in [0.1, 0.15) is 57.4 Å². The van der Waals surface area contributed by atoms with E-state index in [4.69, 9.17) is 0 Å². The minimum Gasteiger partial charge on any atom is -0.352 e. The molecule has 1 saturated carbocycles. The van der Waals surface area contributed by atoms with Crippen molar-refractivity contribution >= 4 is 17.8 Å². The molecule has 1 unspecified atom stereocenters. The maximum absolute atomic E-state index is 12.8. The molecule has 2 aliphatic rings. The van der Waals surface area contributed by atoms with Crippen LogP contribution in [0.3, 0.4) is 0 Å². The Morgan fingerprint density at radius 2 is 1.73 bits per heavy atom. The molecule has 1 atom stereocenters. The van der Waals surface area contributed by atoms with Crippen molar-refractivity contribution in [3.8, 4) is 0 Å². The van der Waals surface area contributed by atoms with Gasteiger partial charge in [0.2, 0.25) is 5.91 Å². The van der Waals surface area contributed by atoms with Crippen molar-refractivity contribution in [2.45, 2.75) is 63.5 Å². The Labute approximate surface area is 154 Å². The molecule has 0 bridgehead atoms. The molecule has 140 valence electrons. The van der Waals surface area contributed by atoms with Gasteiger partial charge in [-0.2, -0.15) is 0 Å². The van der Waals surface area contributed by atoms with E-state index in [2.05, 4.69) is 10.6 Å². The lowest BCUT2D eigenvalue weighted by Gasteiger charge is -2.23. The molecule has 0 aromatic heterocycles. The lowest BCUT2D eigenvalue weighted by molar-refractivity contribution is -0.135. The van der Waals surface area contributed by atoms with Crippen LogP contribution < -0.4 is 10.6 Å².